The van der Waals surface area contributed by atoms with Crippen LogP contribution in [0.4, 0.5) is 22.0 Å². The van der Waals surface area contributed by atoms with E-state index >= 15 is 0 Å². The Morgan fingerprint density at radius 3 is 1.86 bits per heavy atom. The number of carbonyl (C=O) groups excluding carboxylic acids is 2. The molecule has 0 saturated heterocycles. The number of allylic oxidation sites excluding steroid dienone is 2. The van der Waals surface area contributed by atoms with E-state index < -0.39 is 57.5 Å². The van der Waals surface area contributed by atoms with Crippen molar-refractivity contribution in [2.75, 3.05) is 18.6 Å². The Morgan fingerprint density at radius 2 is 1.36 bits per heavy atom. The van der Waals surface area contributed by atoms with Gasteiger partial charge in [0.25, 0.3) is 0 Å². The molecule has 1 aromatic rings. The van der Waals surface area contributed by atoms with Crippen molar-refractivity contribution < 1.29 is 31.5 Å². The van der Waals surface area contributed by atoms with E-state index in [-0.39, 0.29) is 6.54 Å². The Hall–Kier alpha value is -1.90. The Labute approximate surface area is 125 Å². The fourth-order valence-electron chi connectivity index (χ4n) is 1.94. The van der Waals surface area contributed by atoms with Gasteiger partial charge in [-0.05, 0) is 6.26 Å². The van der Waals surface area contributed by atoms with Gasteiger partial charge in [-0.2, -0.15) is 11.8 Å². The molecule has 1 aliphatic carbocycles. The van der Waals surface area contributed by atoms with Crippen LogP contribution in [0.1, 0.15) is 20.7 Å². The van der Waals surface area contributed by atoms with Crippen LogP contribution in [0, 0.1) is 23.3 Å². The monoisotopic (exact) mass is 337 g/mol. The number of carbonyl (C=O) groups is 2. The van der Waals surface area contributed by atoms with Crippen molar-refractivity contribution in [3.63, 3.8) is 0 Å². The minimum absolute atomic E-state index is 0.0616. The normalized spacial score (nSPS) is 14.5. The molecule has 9 heteroatoms. The number of fused-ring (bicyclic) bond motifs is 1. The molecule has 3 nitrogen and oxygen atoms in total. The number of benzene rings is 1. The van der Waals surface area contributed by atoms with Crippen LogP contribution in [0.2, 0.25) is 0 Å². The fourth-order valence-corrected chi connectivity index (χ4v) is 2.25. The number of Topliss-reactive ketones (excluding diaryl/α,β-unsaturated/α-hetero) is 2. The summed E-state index contributed by atoms with van der Waals surface area (Å²) < 4.78 is 67.5. The third-order valence-electron chi connectivity index (χ3n) is 2.98. The molecule has 0 spiro atoms. The molecular formula is C13H8F5NO2S. The number of hydrogen-bond donors (Lipinski definition) is 1. The van der Waals surface area contributed by atoms with Crippen molar-refractivity contribution in [3.8, 4) is 0 Å². The van der Waals surface area contributed by atoms with Crippen molar-refractivity contribution in [2.24, 2.45) is 0 Å². The van der Waals surface area contributed by atoms with Gasteiger partial charge in [0.1, 0.15) is 5.70 Å². The summed E-state index contributed by atoms with van der Waals surface area (Å²) in [6.45, 7) is 0.0616. The molecule has 1 N–H and O–H groups in total. The van der Waals surface area contributed by atoms with Crippen molar-refractivity contribution in [3.05, 3.63) is 45.9 Å². The van der Waals surface area contributed by atoms with E-state index in [1.54, 1.807) is 6.26 Å². The largest absolute Gasteiger partial charge is 0.379 e. The summed E-state index contributed by atoms with van der Waals surface area (Å²) in [7, 11) is 0. The summed E-state index contributed by atoms with van der Waals surface area (Å²) in [4.78, 5) is 23.7. The number of nitrogens with one attached hydrogen (secondary N) is 1. The lowest BCUT2D eigenvalue weighted by Gasteiger charge is -2.19. The first-order valence-electron chi connectivity index (χ1n) is 5.90. The first-order valence-corrected chi connectivity index (χ1v) is 7.30. The Bertz CT molecular complexity index is 717. The highest BCUT2D eigenvalue weighted by Gasteiger charge is 2.40. The van der Waals surface area contributed by atoms with Gasteiger partial charge in [-0.15, -0.1) is 0 Å². The van der Waals surface area contributed by atoms with Crippen LogP contribution < -0.4 is 5.32 Å². The molecule has 0 saturated carbocycles. The molecule has 0 bridgehead atoms. The maximum atomic E-state index is 13.9. The second-order valence-electron chi connectivity index (χ2n) is 4.27. The van der Waals surface area contributed by atoms with Crippen LogP contribution in [0.5, 0.6) is 0 Å². The van der Waals surface area contributed by atoms with Gasteiger partial charge in [0.2, 0.25) is 11.6 Å². The van der Waals surface area contributed by atoms with Crippen LogP contribution in [0.15, 0.2) is 11.5 Å². The molecule has 0 aliphatic heterocycles. The maximum absolute atomic E-state index is 13.9. The zero-order chi connectivity index (χ0) is 16.6. The molecule has 0 unspecified atom stereocenters. The second-order valence-corrected chi connectivity index (χ2v) is 5.26. The summed E-state index contributed by atoms with van der Waals surface area (Å²) in [6, 6.07) is 0. The predicted molar refractivity (Wildman–Crippen MR) is 69.5 cm³/mol. The molecule has 118 valence electrons. The number of hydrogen-bond acceptors (Lipinski definition) is 4. The van der Waals surface area contributed by atoms with Crippen molar-refractivity contribution in [2.45, 2.75) is 0 Å². The van der Waals surface area contributed by atoms with Gasteiger partial charge in [-0.1, -0.05) is 0 Å². The van der Waals surface area contributed by atoms with Gasteiger partial charge in [0, 0.05) is 12.3 Å². The van der Waals surface area contributed by atoms with E-state index in [2.05, 4.69) is 5.32 Å². The highest BCUT2D eigenvalue weighted by atomic mass is 32.2. The molecule has 2 rings (SSSR count). The molecule has 22 heavy (non-hydrogen) atoms. The molecule has 0 heterocycles. The number of thioether (sulfide) groups is 1. The SMILES string of the molecule is CSCCNC1=C(F)C(=O)c2c(F)c(F)c(F)c(F)c2C1=O. The van der Waals surface area contributed by atoms with Crippen molar-refractivity contribution in [1.82, 2.24) is 5.32 Å². The molecule has 1 aliphatic rings. The number of ketones is 2. The zero-order valence-electron chi connectivity index (χ0n) is 11.0. The van der Waals surface area contributed by atoms with E-state index in [0.717, 1.165) is 0 Å². The predicted octanol–water partition coefficient (Wildman–Crippen LogP) is 2.76. The summed E-state index contributed by atoms with van der Waals surface area (Å²) in [5.41, 5.74) is -3.64. The third-order valence-corrected chi connectivity index (χ3v) is 3.59. The standard InChI is InChI=1S/C13H8F5NO2S/c1-22-3-2-19-11-10(18)12(20)4-5(13(11)21)7(15)9(17)8(16)6(4)14/h19H,2-3H2,1H3. The first-order chi connectivity index (χ1) is 10.3. The Balaban J connectivity index is 2.62. The van der Waals surface area contributed by atoms with Crippen LogP contribution in [0.25, 0.3) is 0 Å². The number of halogens is 5. The molecule has 0 aromatic heterocycles. The minimum atomic E-state index is -2.27. The van der Waals surface area contributed by atoms with Crippen molar-refractivity contribution >= 4 is 23.3 Å². The molecule has 0 radical (unpaired) electrons. The van der Waals surface area contributed by atoms with Crippen LogP contribution in [0.3, 0.4) is 0 Å². The summed E-state index contributed by atoms with van der Waals surface area (Å²) >= 11 is 1.34. The van der Waals surface area contributed by atoms with Crippen LogP contribution in [-0.4, -0.2) is 30.1 Å². The van der Waals surface area contributed by atoms with E-state index in [0.29, 0.717) is 5.75 Å². The smallest absolute Gasteiger partial charge is 0.227 e. The maximum Gasteiger partial charge on any atom is 0.227 e. The van der Waals surface area contributed by atoms with E-state index in [9.17, 15) is 31.5 Å². The highest BCUT2D eigenvalue weighted by molar-refractivity contribution is 7.98. The summed E-state index contributed by atoms with van der Waals surface area (Å²) in [6.07, 6.45) is 1.72. The third kappa shape index (κ3) is 2.39. The first kappa shape index (κ1) is 16.5. The highest BCUT2D eigenvalue weighted by Crippen LogP contribution is 2.32. The van der Waals surface area contributed by atoms with Crippen LogP contribution >= 0.6 is 11.8 Å². The second kappa shape index (κ2) is 6.07. The van der Waals surface area contributed by atoms with Crippen LogP contribution in [-0.2, 0) is 0 Å². The van der Waals surface area contributed by atoms with Gasteiger partial charge < -0.3 is 5.32 Å². The average molecular weight is 337 g/mol. The van der Waals surface area contributed by atoms with E-state index in [1.807, 2.05) is 0 Å². The Morgan fingerprint density at radius 1 is 0.864 bits per heavy atom. The number of rotatable bonds is 4. The lowest BCUT2D eigenvalue weighted by molar-refractivity contribution is 0.0937. The molecule has 0 fully saturated rings. The molecule has 1 aromatic carbocycles. The lowest BCUT2D eigenvalue weighted by Crippen LogP contribution is -2.33. The van der Waals surface area contributed by atoms with E-state index in [4.69, 9.17) is 0 Å². The zero-order valence-corrected chi connectivity index (χ0v) is 11.8. The molecule has 0 amide bonds. The molecular weight excluding hydrogens is 329 g/mol. The van der Waals surface area contributed by atoms with Gasteiger partial charge in [-0.25, -0.2) is 22.0 Å². The lowest BCUT2D eigenvalue weighted by atomic mass is 9.90. The quantitative estimate of drug-likeness (QED) is 0.397. The summed E-state index contributed by atoms with van der Waals surface area (Å²) in [5.74, 6) is -13.0. The van der Waals surface area contributed by atoms with Gasteiger partial charge in [0.15, 0.2) is 29.1 Å². The van der Waals surface area contributed by atoms with Gasteiger partial charge in [0.05, 0.1) is 11.1 Å². The van der Waals surface area contributed by atoms with E-state index in [1.165, 1.54) is 11.8 Å². The molecule has 0 atom stereocenters. The van der Waals surface area contributed by atoms with Gasteiger partial charge >= 0.3 is 0 Å². The minimum Gasteiger partial charge on any atom is -0.379 e. The Kier molecular flexibility index (Phi) is 4.55. The fraction of sp³-hybridized carbons (Fsp3) is 0.231. The topological polar surface area (TPSA) is 46.2 Å². The average Bonchev–Trinajstić information content (AvgIpc) is 2.50. The summed E-state index contributed by atoms with van der Waals surface area (Å²) in [5, 5.41) is 2.28. The van der Waals surface area contributed by atoms with Gasteiger partial charge in [-0.3, -0.25) is 9.59 Å². The van der Waals surface area contributed by atoms with Crippen molar-refractivity contribution in [1.29, 1.82) is 0 Å².